The van der Waals surface area contributed by atoms with E-state index in [9.17, 15) is 4.79 Å². The summed E-state index contributed by atoms with van der Waals surface area (Å²) in [4.78, 5) is 23.4. The van der Waals surface area contributed by atoms with Crippen LogP contribution in [0.25, 0.3) is 0 Å². The number of amides is 1. The Balaban J connectivity index is 1.91. The molecule has 4 nitrogen and oxygen atoms in total. The Labute approximate surface area is 124 Å². The number of carbonyl (C=O) groups excluding carboxylic acids is 1. The van der Waals surface area contributed by atoms with E-state index >= 15 is 0 Å². The number of rotatable bonds is 1. The number of hydrogen-bond acceptors (Lipinski definition) is 3. The van der Waals surface area contributed by atoms with Crippen LogP contribution in [0.3, 0.4) is 0 Å². The SMILES string of the molecule is Cc1nc(C)c(C(=O)N2CCc3ccccc3C2)c(C)n1. The molecular weight excluding hydrogens is 262 g/mol. The van der Waals surface area contributed by atoms with Crippen molar-refractivity contribution in [3.8, 4) is 0 Å². The number of benzene rings is 1. The van der Waals surface area contributed by atoms with Gasteiger partial charge in [0.2, 0.25) is 0 Å². The number of hydrogen-bond donors (Lipinski definition) is 0. The standard InChI is InChI=1S/C17H19N3O/c1-11-16(12(2)19-13(3)18-11)17(21)20-9-8-14-6-4-5-7-15(14)10-20/h4-7H,8-10H2,1-3H3. The first-order chi connectivity index (χ1) is 10.1. The highest BCUT2D eigenvalue weighted by Crippen LogP contribution is 2.21. The lowest BCUT2D eigenvalue weighted by atomic mass is 9.99. The number of aromatic nitrogens is 2. The van der Waals surface area contributed by atoms with E-state index in [1.165, 1.54) is 11.1 Å². The van der Waals surface area contributed by atoms with Gasteiger partial charge in [0.1, 0.15) is 5.82 Å². The van der Waals surface area contributed by atoms with E-state index in [4.69, 9.17) is 0 Å². The minimum Gasteiger partial charge on any atom is -0.334 e. The van der Waals surface area contributed by atoms with Crippen molar-refractivity contribution in [2.45, 2.75) is 33.7 Å². The number of carbonyl (C=O) groups is 1. The highest BCUT2D eigenvalue weighted by Gasteiger charge is 2.25. The first-order valence-corrected chi connectivity index (χ1v) is 7.24. The summed E-state index contributed by atoms with van der Waals surface area (Å²) >= 11 is 0. The molecule has 4 heteroatoms. The minimum atomic E-state index is 0.0412. The van der Waals surface area contributed by atoms with Crippen molar-refractivity contribution >= 4 is 5.91 Å². The topological polar surface area (TPSA) is 46.1 Å². The lowest BCUT2D eigenvalue weighted by Crippen LogP contribution is -2.37. The second kappa shape index (κ2) is 5.28. The molecule has 1 amide bonds. The summed E-state index contributed by atoms with van der Waals surface area (Å²) in [5.41, 5.74) is 4.77. The summed E-state index contributed by atoms with van der Waals surface area (Å²) in [5, 5.41) is 0. The van der Waals surface area contributed by atoms with Gasteiger partial charge < -0.3 is 4.90 Å². The molecule has 0 atom stereocenters. The fourth-order valence-electron chi connectivity index (χ4n) is 3.02. The van der Waals surface area contributed by atoms with Crippen molar-refractivity contribution < 1.29 is 4.79 Å². The maximum atomic E-state index is 12.8. The Morgan fingerprint density at radius 2 is 1.67 bits per heavy atom. The van der Waals surface area contributed by atoms with Crippen LogP contribution in [0, 0.1) is 20.8 Å². The van der Waals surface area contributed by atoms with Crippen LogP contribution < -0.4 is 0 Å². The second-order valence-corrected chi connectivity index (χ2v) is 5.56. The zero-order valence-electron chi connectivity index (χ0n) is 12.7. The van der Waals surface area contributed by atoms with E-state index in [1.807, 2.05) is 31.7 Å². The van der Waals surface area contributed by atoms with E-state index in [0.29, 0.717) is 17.9 Å². The summed E-state index contributed by atoms with van der Waals surface area (Å²) in [6.07, 6.45) is 0.909. The van der Waals surface area contributed by atoms with Gasteiger partial charge in [-0.15, -0.1) is 0 Å². The Hall–Kier alpha value is -2.23. The lowest BCUT2D eigenvalue weighted by Gasteiger charge is -2.29. The minimum absolute atomic E-state index is 0.0412. The molecule has 0 radical (unpaired) electrons. The normalized spacial score (nSPS) is 14.0. The van der Waals surface area contributed by atoms with Crippen LogP contribution in [-0.4, -0.2) is 27.3 Å². The summed E-state index contributed by atoms with van der Waals surface area (Å²) < 4.78 is 0. The van der Waals surface area contributed by atoms with Gasteiger partial charge in [-0.05, 0) is 38.3 Å². The van der Waals surface area contributed by atoms with Crippen molar-refractivity contribution in [2.24, 2.45) is 0 Å². The van der Waals surface area contributed by atoms with Crippen LogP contribution in [0.2, 0.25) is 0 Å². The van der Waals surface area contributed by atoms with Crippen LogP contribution in [0.4, 0.5) is 0 Å². The molecule has 2 aromatic rings. The number of fused-ring (bicyclic) bond motifs is 1. The van der Waals surface area contributed by atoms with Crippen molar-refractivity contribution in [1.29, 1.82) is 0 Å². The highest BCUT2D eigenvalue weighted by atomic mass is 16.2. The monoisotopic (exact) mass is 281 g/mol. The number of aryl methyl sites for hydroxylation is 3. The third-order valence-corrected chi connectivity index (χ3v) is 4.01. The first-order valence-electron chi connectivity index (χ1n) is 7.24. The fraction of sp³-hybridized carbons (Fsp3) is 0.353. The van der Waals surface area contributed by atoms with E-state index in [1.54, 1.807) is 0 Å². The van der Waals surface area contributed by atoms with Crippen molar-refractivity contribution in [2.75, 3.05) is 6.54 Å². The highest BCUT2D eigenvalue weighted by molar-refractivity contribution is 5.96. The molecule has 1 aromatic carbocycles. The summed E-state index contributed by atoms with van der Waals surface area (Å²) in [6.45, 7) is 7.04. The predicted molar refractivity (Wildman–Crippen MR) is 81.1 cm³/mol. The third kappa shape index (κ3) is 2.53. The second-order valence-electron chi connectivity index (χ2n) is 5.56. The Morgan fingerprint density at radius 3 is 2.33 bits per heavy atom. The van der Waals surface area contributed by atoms with E-state index in [0.717, 1.165) is 24.4 Å². The van der Waals surface area contributed by atoms with Gasteiger partial charge in [-0.1, -0.05) is 24.3 Å². The Bertz CT molecular complexity index is 686. The molecule has 0 saturated carbocycles. The van der Waals surface area contributed by atoms with E-state index < -0.39 is 0 Å². The molecule has 1 aliphatic heterocycles. The zero-order valence-corrected chi connectivity index (χ0v) is 12.7. The molecule has 21 heavy (non-hydrogen) atoms. The molecule has 2 heterocycles. The van der Waals surface area contributed by atoms with Crippen LogP contribution in [0.1, 0.15) is 38.7 Å². The molecule has 0 N–H and O–H groups in total. The fourth-order valence-corrected chi connectivity index (χ4v) is 3.02. The molecule has 0 fully saturated rings. The maximum absolute atomic E-state index is 12.8. The maximum Gasteiger partial charge on any atom is 0.257 e. The average molecular weight is 281 g/mol. The molecule has 108 valence electrons. The predicted octanol–water partition coefficient (Wildman–Crippen LogP) is 2.60. The average Bonchev–Trinajstić information content (AvgIpc) is 2.45. The summed E-state index contributed by atoms with van der Waals surface area (Å²) in [6, 6.07) is 8.32. The van der Waals surface area contributed by atoms with Crippen molar-refractivity contribution in [1.82, 2.24) is 14.9 Å². The molecule has 1 aromatic heterocycles. The zero-order chi connectivity index (χ0) is 15.0. The van der Waals surface area contributed by atoms with Gasteiger partial charge in [0.05, 0.1) is 17.0 Å². The van der Waals surface area contributed by atoms with E-state index in [-0.39, 0.29) is 5.91 Å². The molecule has 1 aliphatic rings. The molecule has 0 unspecified atom stereocenters. The van der Waals surface area contributed by atoms with Crippen LogP contribution in [-0.2, 0) is 13.0 Å². The van der Waals surface area contributed by atoms with Gasteiger partial charge in [0, 0.05) is 13.1 Å². The summed E-state index contributed by atoms with van der Waals surface area (Å²) in [7, 11) is 0. The van der Waals surface area contributed by atoms with Gasteiger partial charge in [0.15, 0.2) is 0 Å². The van der Waals surface area contributed by atoms with Gasteiger partial charge in [-0.3, -0.25) is 4.79 Å². The molecular formula is C17H19N3O. The molecule has 3 rings (SSSR count). The summed E-state index contributed by atoms with van der Waals surface area (Å²) in [5.74, 6) is 0.755. The number of nitrogens with zero attached hydrogens (tertiary/aromatic N) is 3. The molecule has 0 bridgehead atoms. The van der Waals surface area contributed by atoms with E-state index in [2.05, 4.69) is 28.2 Å². The van der Waals surface area contributed by atoms with Crippen LogP contribution in [0.15, 0.2) is 24.3 Å². The molecule has 0 aliphatic carbocycles. The van der Waals surface area contributed by atoms with Gasteiger partial charge in [-0.25, -0.2) is 9.97 Å². The van der Waals surface area contributed by atoms with Crippen LogP contribution in [0.5, 0.6) is 0 Å². The Kier molecular flexibility index (Phi) is 3.45. The van der Waals surface area contributed by atoms with Crippen molar-refractivity contribution in [3.05, 3.63) is 58.2 Å². The van der Waals surface area contributed by atoms with Gasteiger partial charge in [-0.2, -0.15) is 0 Å². The largest absolute Gasteiger partial charge is 0.334 e. The van der Waals surface area contributed by atoms with Gasteiger partial charge in [0.25, 0.3) is 5.91 Å². The molecule has 0 saturated heterocycles. The Morgan fingerprint density at radius 1 is 1.05 bits per heavy atom. The van der Waals surface area contributed by atoms with Crippen LogP contribution >= 0.6 is 0 Å². The van der Waals surface area contributed by atoms with Crippen molar-refractivity contribution in [3.63, 3.8) is 0 Å². The van der Waals surface area contributed by atoms with Gasteiger partial charge >= 0.3 is 0 Å². The molecule has 0 spiro atoms. The smallest absolute Gasteiger partial charge is 0.257 e. The lowest BCUT2D eigenvalue weighted by molar-refractivity contribution is 0.0732. The quantitative estimate of drug-likeness (QED) is 0.807. The first kappa shape index (κ1) is 13.7. The third-order valence-electron chi connectivity index (χ3n) is 4.01.